The number of rotatable bonds is 4. The minimum absolute atomic E-state index is 0.448. The number of ether oxygens (including phenoxy) is 1. The van der Waals surface area contributed by atoms with Crippen molar-refractivity contribution in [1.82, 2.24) is 0 Å². The molecule has 8 aromatic carbocycles. The summed E-state index contributed by atoms with van der Waals surface area (Å²) in [4.78, 5) is 0. The summed E-state index contributed by atoms with van der Waals surface area (Å²) < 4.78 is 6.48. The lowest BCUT2D eigenvalue weighted by atomic mass is 9.66. The first kappa shape index (κ1) is 27.7. The maximum absolute atomic E-state index is 6.48. The molecule has 2 aliphatic rings. The van der Waals surface area contributed by atoms with E-state index in [2.05, 4.69) is 187 Å². The molecule has 1 spiro atoms. The lowest BCUT2D eigenvalue weighted by Gasteiger charge is -2.39. The second-order valence-corrected chi connectivity index (χ2v) is 12.9. The summed E-state index contributed by atoms with van der Waals surface area (Å²) in [6.07, 6.45) is 0. The summed E-state index contributed by atoms with van der Waals surface area (Å²) in [5.41, 5.74) is 14.0. The van der Waals surface area contributed by atoms with Crippen LogP contribution < -0.4 is 10.1 Å². The topological polar surface area (TPSA) is 21.3 Å². The van der Waals surface area contributed by atoms with Gasteiger partial charge in [-0.1, -0.05) is 146 Å². The van der Waals surface area contributed by atoms with Crippen LogP contribution in [0.25, 0.3) is 44.2 Å². The van der Waals surface area contributed by atoms with E-state index in [1.807, 2.05) is 0 Å². The minimum atomic E-state index is -0.448. The molecule has 2 nitrogen and oxygen atoms in total. The highest BCUT2D eigenvalue weighted by Gasteiger charge is 2.50. The van der Waals surface area contributed by atoms with Gasteiger partial charge < -0.3 is 10.1 Å². The molecule has 0 radical (unpaired) electrons. The van der Waals surface area contributed by atoms with Crippen molar-refractivity contribution in [2.75, 3.05) is 5.32 Å². The van der Waals surface area contributed by atoms with Crippen LogP contribution in [0.4, 0.5) is 11.4 Å². The Kier molecular flexibility index (Phi) is 6.13. The molecule has 1 aliphatic heterocycles. The highest BCUT2D eigenvalue weighted by molar-refractivity contribution is 6.05. The molecule has 49 heavy (non-hydrogen) atoms. The zero-order valence-corrected chi connectivity index (χ0v) is 26.7. The molecule has 0 fully saturated rings. The van der Waals surface area contributed by atoms with Gasteiger partial charge in [0, 0.05) is 22.5 Å². The van der Waals surface area contributed by atoms with Crippen molar-refractivity contribution in [3.63, 3.8) is 0 Å². The molecule has 8 aromatic rings. The number of nitrogens with one attached hydrogen (secondary N) is 1. The van der Waals surface area contributed by atoms with Crippen LogP contribution in [-0.2, 0) is 5.41 Å². The first-order valence-corrected chi connectivity index (χ1v) is 16.8. The summed E-state index contributed by atoms with van der Waals surface area (Å²) in [7, 11) is 0. The third kappa shape index (κ3) is 4.14. The molecule has 1 aliphatic carbocycles. The molecular weight excluding hydrogens is 595 g/mol. The van der Waals surface area contributed by atoms with E-state index in [-0.39, 0.29) is 0 Å². The minimum Gasteiger partial charge on any atom is -0.457 e. The van der Waals surface area contributed by atoms with Gasteiger partial charge in [0.25, 0.3) is 0 Å². The average Bonchev–Trinajstić information content (AvgIpc) is 3.45. The zero-order chi connectivity index (χ0) is 32.4. The van der Waals surface area contributed by atoms with E-state index in [0.29, 0.717) is 0 Å². The quantitative estimate of drug-likeness (QED) is 0.210. The van der Waals surface area contributed by atoms with Gasteiger partial charge in [0.2, 0.25) is 0 Å². The second kappa shape index (κ2) is 10.8. The summed E-state index contributed by atoms with van der Waals surface area (Å²) in [5.74, 6) is 1.82. The van der Waals surface area contributed by atoms with Gasteiger partial charge in [0.1, 0.15) is 11.5 Å². The lowest BCUT2D eigenvalue weighted by molar-refractivity contribution is 0.436. The Morgan fingerprint density at radius 1 is 0.347 bits per heavy atom. The van der Waals surface area contributed by atoms with Crippen LogP contribution in [0.1, 0.15) is 22.3 Å². The standard InChI is InChI=1S/C47H31NO/c1-2-12-31(13-3-1)35-27-28-36(38-15-5-4-14-37(35)38)32-22-24-33(25-23-32)48-34-26-29-42-40(30-34)39-16-6-7-17-41(39)47(42)43-18-8-10-20-45(43)49-46-21-11-9-19-44(46)47/h1-30,48H. The molecule has 0 bridgehead atoms. The fraction of sp³-hybridized carbons (Fsp3) is 0.0213. The van der Waals surface area contributed by atoms with Gasteiger partial charge in [0.05, 0.1) is 5.41 Å². The van der Waals surface area contributed by atoms with Crippen LogP contribution in [0.3, 0.4) is 0 Å². The molecule has 0 aromatic heterocycles. The van der Waals surface area contributed by atoms with E-state index in [9.17, 15) is 0 Å². The van der Waals surface area contributed by atoms with E-state index >= 15 is 0 Å². The summed E-state index contributed by atoms with van der Waals surface area (Å²) in [6.45, 7) is 0. The highest BCUT2D eigenvalue weighted by Crippen LogP contribution is 2.62. The van der Waals surface area contributed by atoms with Gasteiger partial charge in [-0.3, -0.25) is 0 Å². The molecule has 0 saturated heterocycles. The molecule has 0 saturated carbocycles. The van der Waals surface area contributed by atoms with Gasteiger partial charge in [-0.05, 0) is 91.7 Å². The molecule has 230 valence electrons. The number of benzene rings is 8. The van der Waals surface area contributed by atoms with Gasteiger partial charge in [-0.25, -0.2) is 0 Å². The predicted octanol–water partition coefficient (Wildman–Crippen LogP) is 12.4. The summed E-state index contributed by atoms with van der Waals surface area (Å²) >= 11 is 0. The SMILES string of the molecule is c1ccc(-c2ccc(-c3ccc(Nc4ccc5c(c4)-c4ccccc4C54c5ccccc5Oc5ccccc54)cc3)c3ccccc23)cc1. The van der Waals surface area contributed by atoms with Crippen LogP contribution >= 0.6 is 0 Å². The molecule has 0 amide bonds. The Morgan fingerprint density at radius 3 is 1.53 bits per heavy atom. The Balaban J connectivity index is 1.03. The zero-order valence-electron chi connectivity index (χ0n) is 26.7. The van der Waals surface area contributed by atoms with Crippen LogP contribution in [-0.4, -0.2) is 0 Å². The number of hydrogen-bond donors (Lipinski definition) is 1. The Hall–Kier alpha value is -6.38. The van der Waals surface area contributed by atoms with Crippen molar-refractivity contribution >= 4 is 22.1 Å². The van der Waals surface area contributed by atoms with Crippen LogP contribution in [0.2, 0.25) is 0 Å². The second-order valence-electron chi connectivity index (χ2n) is 12.9. The number of anilines is 2. The monoisotopic (exact) mass is 625 g/mol. The van der Waals surface area contributed by atoms with Crippen LogP contribution in [0.15, 0.2) is 182 Å². The Labute approximate surface area is 285 Å². The van der Waals surface area contributed by atoms with Crippen LogP contribution in [0, 0.1) is 0 Å². The van der Waals surface area contributed by atoms with Gasteiger partial charge >= 0.3 is 0 Å². The van der Waals surface area contributed by atoms with Crippen molar-refractivity contribution in [1.29, 1.82) is 0 Å². The van der Waals surface area contributed by atoms with E-state index < -0.39 is 5.41 Å². The third-order valence-electron chi connectivity index (χ3n) is 10.3. The average molecular weight is 626 g/mol. The highest BCUT2D eigenvalue weighted by atomic mass is 16.5. The van der Waals surface area contributed by atoms with Crippen molar-refractivity contribution in [3.8, 4) is 44.9 Å². The van der Waals surface area contributed by atoms with Gasteiger partial charge in [-0.15, -0.1) is 0 Å². The van der Waals surface area contributed by atoms with E-state index in [1.54, 1.807) is 0 Å². The first-order chi connectivity index (χ1) is 24.3. The molecule has 0 unspecified atom stereocenters. The van der Waals surface area contributed by atoms with Crippen molar-refractivity contribution in [3.05, 3.63) is 204 Å². The Bertz CT molecular complexity index is 2500. The maximum Gasteiger partial charge on any atom is 0.132 e. The molecule has 0 atom stereocenters. The van der Waals surface area contributed by atoms with Crippen molar-refractivity contribution < 1.29 is 4.74 Å². The Morgan fingerprint density at radius 2 is 0.857 bits per heavy atom. The third-order valence-corrected chi connectivity index (χ3v) is 10.3. The number of para-hydroxylation sites is 2. The van der Waals surface area contributed by atoms with Gasteiger partial charge in [-0.2, -0.15) is 0 Å². The molecule has 10 rings (SSSR count). The largest absolute Gasteiger partial charge is 0.457 e. The molecule has 1 N–H and O–H groups in total. The predicted molar refractivity (Wildman–Crippen MR) is 202 cm³/mol. The smallest absolute Gasteiger partial charge is 0.132 e. The van der Waals surface area contributed by atoms with E-state index in [0.717, 1.165) is 22.9 Å². The van der Waals surface area contributed by atoms with Crippen molar-refractivity contribution in [2.24, 2.45) is 0 Å². The van der Waals surface area contributed by atoms with Crippen LogP contribution in [0.5, 0.6) is 11.5 Å². The van der Waals surface area contributed by atoms with E-state index in [4.69, 9.17) is 4.74 Å². The van der Waals surface area contributed by atoms with E-state index in [1.165, 1.54) is 66.4 Å². The van der Waals surface area contributed by atoms with Crippen molar-refractivity contribution in [2.45, 2.75) is 5.41 Å². The maximum atomic E-state index is 6.48. The number of hydrogen-bond acceptors (Lipinski definition) is 2. The van der Waals surface area contributed by atoms with Gasteiger partial charge in [0.15, 0.2) is 0 Å². The summed E-state index contributed by atoms with van der Waals surface area (Å²) in [5, 5.41) is 6.24. The molecular formula is C47H31NO. The normalized spacial score (nSPS) is 13.2. The first-order valence-electron chi connectivity index (χ1n) is 16.8. The molecule has 2 heteroatoms. The lowest BCUT2D eigenvalue weighted by Crippen LogP contribution is -2.32. The fourth-order valence-electron chi connectivity index (χ4n) is 8.26. The number of fused-ring (bicyclic) bond motifs is 10. The fourth-order valence-corrected chi connectivity index (χ4v) is 8.26. The summed E-state index contributed by atoms with van der Waals surface area (Å²) in [6, 6.07) is 65.4. The molecule has 1 heterocycles.